The maximum atomic E-state index is 10.3. The van der Waals surface area contributed by atoms with E-state index in [1.165, 1.54) is 5.57 Å². The van der Waals surface area contributed by atoms with Gasteiger partial charge in [-0.2, -0.15) is 0 Å². The molecule has 1 heterocycles. The van der Waals surface area contributed by atoms with Gasteiger partial charge >= 0.3 is 0 Å². The first kappa shape index (κ1) is 7.48. The molecule has 0 amide bonds. The van der Waals surface area contributed by atoms with E-state index in [1.54, 1.807) is 0 Å². The topological polar surface area (TPSA) is 26.3 Å². The van der Waals surface area contributed by atoms with Crippen molar-refractivity contribution < 1.29 is 9.53 Å². The van der Waals surface area contributed by atoms with Crippen LogP contribution in [0.4, 0.5) is 0 Å². The molecule has 10 heavy (non-hydrogen) atoms. The minimum Gasteiger partial charge on any atom is -0.377 e. The highest BCUT2D eigenvalue weighted by Gasteiger charge is 2.09. The summed E-state index contributed by atoms with van der Waals surface area (Å²) in [6.07, 6.45) is 3.90. The fraction of sp³-hybridized carbons (Fsp3) is 0.625. The van der Waals surface area contributed by atoms with Crippen molar-refractivity contribution in [3.8, 4) is 0 Å². The van der Waals surface area contributed by atoms with Crippen LogP contribution in [0.5, 0.6) is 0 Å². The van der Waals surface area contributed by atoms with Crippen LogP contribution in [0.2, 0.25) is 0 Å². The molecule has 0 aromatic heterocycles. The van der Waals surface area contributed by atoms with E-state index >= 15 is 0 Å². The fourth-order valence-electron chi connectivity index (χ4n) is 1.04. The number of hydrogen-bond acceptors (Lipinski definition) is 2. The van der Waals surface area contributed by atoms with Crippen LogP contribution in [0.1, 0.15) is 13.3 Å². The van der Waals surface area contributed by atoms with Gasteiger partial charge in [0, 0.05) is 5.92 Å². The van der Waals surface area contributed by atoms with Gasteiger partial charge in [0.25, 0.3) is 0 Å². The van der Waals surface area contributed by atoms with E-state index in [0.717, 1.165) is 19.3 Å². The summed E-state index contributed by atoms with van der Waals surface area (Å²) < 4.78 is 5.10. The second-order valence-electron chi connectivity index (χ2n) is 2.53. The summed E-state index contributed by atoms with van der Waals surface area (Å²) in [6.45, 7) is 3.36. The van der Waals surface area contributed by atoms with E-state index in [4.69, 9.17) is 4.74 Å². The predicted octanol–water partition coefficient (Wildman–Crippen LogP) is 1.17. The minimum absolute atomic E-state index is 0.0869. The second kappa shape index (κ2) is 3.52. The Balaban J connectivity index is 2.52. The summed E-state index contributed by atoms with van der Waals surface area (Å²) in [4.78, 5) is 10.3. The van der Waals surface area contributed by atoms with Gasteiger partial charge < -0.3 is 9.53 Å². The summed E-state index contributed by atoms with van der Waals surface area (Å²) in [7, 11) is 0. The smallest absolute Gasteiger partial charge is 0.126 e. The molecule has 1 atom stereocenters. The first-order valence-electron chi connectivity index (χ1n) is 3.56. The predicted molar refractivity (Wildman–Crippen MR) is 38.7 cm³/mol. The Kier molecular flexibility index (Phi) is 2.63. The molecule has 0 saturated carbocycles. The first-order chi connectivity index (χ1) is 4.84. The Morgan fingerprint density at radius 2 is 2.60 bits per heavy atom. The largest absolute Gasteiger partial charge is 0.377 e. The molecule has 56 valence electrons. The van der Waals surface area contributed by atoms with Gasteiger partial charge in [-0.1, -0.05) is 18.6 Å². The summed E-state index contributed by atoms with van der Waals surface area (Å²) >= 11 is 0. The van der Waals surface area contributed by atoms with E-state index in [0.29, 0.717) is 6.61 Å². The molecule has 0 spiro atoms. The highest BCUT2D eigenvalue weighted by molar-refractivity contribution is 5.58. The quantitative estimate of drug-likeness (QED) is 0.425. The molecule has 1 unspecified atom stereocenters. The average molecular weight is 140 g/mol. The van der Waals surface area contributed by atoms with Crippen molar-refractivity contribution >= 4 is 6.29 Å². The molecule has 1 aliphatic rings. The molecular formula is C8H12O2. The molecule has 1 aliphatic heterocycles. The fourth-order valence-corrected chi connectivity index (χ4v) is 1.04. The molecule has 0 fully saturated rings. The summed E-state index contributed by atoms with van der Waals surface area (Å²) in [5.41, 5.74) is 1.22. The van der Waals surface area contributed by atoms with Gasteiger partial charge in [0.1, 0.15) is 6.29 Å². The zero-order chi connectivity index (χ0) is 7.40. The number of hydrogen-bond donors (Lipinski definition) is 0. The SMILES string of the molecule is CC(C=O)C1=CCOCC1. The molecule has 0 radical (unpaired) electrons. The van der Waals surface area contributed by atoms with Crippen molar-refractivity contribution in [1.29, 1.82) is 0 Å². The van der Waals surface area contributed by atoms with Gasteiger partial charge in [-0.05, 0) is 6.42 Å². The maximum Gasteiger partial charge on any atom is 0.126 e. The van der Waals surface area contributed by atoms with Gasteiger partial charge in [0.2, 0.25) is 0 Å². The lowest BCUT2D eigenvalue weighted by Gasteiger charge is -2.14. The Bertz CT molecular complexity index is 149. The third kappa shape index (κ3) is 1.67. The van der Waals surface area contributed by atoms with Crippen LogP contribution < -0.4 is 0 Å². The van der Waals surface area contributed by atoms with Crippen LogP contribution in [-0.4, -0.2) is 19.5 Å². The second-order valence-corrected chi connectivity index (χ2v) is 2.53. The normalized spacial score (nSPS) is 21.5. The molecule has 0 saturated heterocycles. The van der Waals surface area contributed by atoms with E-state index in [-0.39, 0.29) is 5.92 Å². The zero-order valence-electron chi connectivity index (χ0n) is 6.17. The van der Waals surface area contributed by atoms with Crippen molar-refractivity contribution in [2.75, 3.05) is 13.2 Å². The van der Waals surface area contributed by atoms with Gasteiger partial charge in [-0.15, -0.1) is 0 Å². The van der Waals surface area contributed by atoms with E-state index in [9.17, 15) is 4.79 Å². The van der Waals surface area contributed by atoms with Crippen molar-refractivity contribution in [1.82, 2.24) is 0 Å². The van der Waals surface area contributed by atoms with Gasteiger partial charge in [-0.3, -0.25) is 0 Å². The van der Waals surface area contributed by atoms with Crippen molar-refractivity contribution in [3.05, 3.63) is 11.6 Å². The number of aldehydes is 1. The summed E-state index contributed by atoms with van der Waals surface area (Å²) in [5.74, 6) is 0.0869. The van der Waals surface area contributed by atoms with E-state index < -0.39 is 0 Å². The molecule has 0 aromatic rings. The molecule has 0 aromatic carbocycles. The van der Waals surface area contributed by atoms with E-state index in [1.807, 2.05) is 13.0 Å². The number of ether oxygens (including phenoxy) is 1. The Morgan fingerprint density at radius 1 is 1.80 bits per heavy atom. The lowest BCUT2D eigenvalue weighted by molar-refractivity contribution is -0.109. The zero-order valence-corrected chi connectivity index (χ0v) is 6.17. The average Bonchev–Trinajstić information content (AvgIpc) is 2.05. The van der Waals surface area contributed by atoms with Crippen LogP contribution in [0, 0.1) is 5.92 Å². The lowest BCUT2D eigenvalue weighted by atomic mass is 9.99. The van der Waals surface area contributed by atoms with Crippen molar-refractivity contribution in [2.24, 2.45) is 5.92 Å². The molecular weight excluding hydrogens is 128 g/mol. The standard InChI is InChI=1S/C8H12O2/c1-7(6-9)8-2-4-10-5-3-8/h2,6-7H,3-5H2,1H3. The number of rotatable bonds is 2. The molecule has 1 rings (SSSR count). The van der Waals surface area contributed by atoms with Crippen molar-refractivity contribution in [2.45, 2.75) is 13.3 Å². The van der Waals surface area contributed by atoms with Crippen molar-refractivity contribution in [3.63, 3.8) is 0 Å². The highest BCUT2D eigenvalue weighted by Crippen LogP contribution is 2.15. The summed E-state index contributed by atoms with van der Waals surface area (Å²) in [6, 6.07) is 0. The lowest BCUT2D eigenvalue weighted by Crippen LogP contribution is -2.10. The Morgan fingerprint density at radius 3 is 3.10 bits per heavy atom. The monoisotopic (exact) mass is 140 g/mol. The maximum absolute atomic E-state index is 10.3. The van der Waals surface area contributed by atoms with Crippen LogP contribution in [0.3, 0.4) is 0 Å². The van der Waals surface area contributed by atoms with Crippen LogP contribution in [0.25, 0.3) is 0 Å². The first-order valence-corrected chi connectivity index (χ1v) is 3.56. The number of carbonyl (C=O) groups excluding carboxylic acids is 1. The third-order valence-corrected chi connectivity index (χ3v) is 1.79. The molecule has 0 N–H and O–H groups in total. The number of carbonyl (C=O) groups is 1. The van der Waals surface area contributed by atoms with Gasteiger partial charge in [0.05, 0.1) is 13.2 Å². The highest BCUT2D eigenvalue weighted by atomic mass is 16.5. The summed E-state index contributed by atoms with van der Waals surface area (Å²) in [5, 5.41) is 0. The van der Waals surface area contributed by atoms with Crippen LogP contribution >= 0.6 is 0 Å². The van der Waals surface area contributed by atoms with Crippen LogP contribution in [0.15, 0.2) is 11.6 Å². The molecule has 2 nitrogen and oxygen atoms in total. The molecule has 0 aliphatic carbocycles. The van der Waals surface area contributed by atoms with Crippen LogP contribution in [-0.2, 0) is 9.53 Å². The third-order valence-electron chi connectivity index (χ3n) is 1.79. The molecule has 2 heteroatoms. The van der Waals surface area contributed by atoms with Gasteiger partial charge in [0.15, 0.2) is 0 Å². The van der Waals surface area contributed by atoms with Gasteiger partial charge in [-0.25, -0.2) is 0 Å². The Labute approximate surface area is 60.9 Å². The Hall–Kier alpha value is -0.630. The van der Waals surface area contributed by atoms with E-state index in [2.05, 4.69) is 0 Å². The minimum atomic E-state index is 0.0869. The molecule has 0 bridgehead atoms.